The number of hydrogen-bond donors (Lipinski definition) is 2. The number of carboxylic acid groups (broad SMARTS) is 1. The maximum absolute atomic E-state index is 13.6. The molecule has 2 N–H and O–H groups in total. The topological polar surface area (TPSA) is 66.0 Å². The lowest BCUT2D eigenvalue weighted by Gasteiger charge is -2.01. The van der Waals surface area contributed by atoms with E-state index in [1.165, 1.54) is 6.07 Å². The van der Waals surface area contributed by atoms with Gasteiger partial charge in [0.25, 0.3) is 0 Å². The lowest BCUT2D eigenvalue weighted by Crippen LogP contribution is -1.99. The van der Waals surface area contributed by atoms with Crippen LogP contribution in [-0.4, -0.2) is 21.0 Å². The van der Waals surface area contributed by atoms with Crippen molar-refractivity contribution in [1.29, 1.82) is 0 Å². The Hall–Kier alpha value is -2.76. The summed E-state index contributed by atoms with van der Waals surface area (Å²) in [7, 11) is 0. The Morgan fingerprint density at radius 3 is 2.70 bits per heavy atom. The van der Waals surface area contributed by atoms with Gasteiger partial charge in [0.2, 0.25) is 0 Å². The molecule has 0 aliphatic heterocycles. The molecular formula is C14H8F2N2O2. The molecule has 2 aromatic carbocycles. The zero-order valence-electron chi connectivity index (χ0n) is 10.0. The number of nitrogens with zero attached hydrogens (tertiary/aromatic N) is 1. The summed E-state index contributed by atoms with van der Waals surface area (Å²) < 4.78 is 26.7. The average Bonchev–Trinajstić information content (AvgIpc) is 2.82. The van der Waals surface area contributed by atoms with Crippen LogP contribution in [0.4, 0.5) is 8.78 Å². The molecule has 0 atom stereocenters. The third kappa shape index (κ3) is 1.91. The number of imidazole rings is 1. The number of benzene rings is 2. The fourth-order valence-corrected chi connectivity index (χ4v) is 2.05. The van der Waals surface area contributed by atoms with Gasteiger partial charge in [-0.1, -0.05) is 18.2 Å². The number of aromatic carboxylic acids is 1. The predicted octanol–water partition coefficient (Wildman–Crippen LogP) is 3.21. The molecule has 0 saturated heterocycles. The second-order valence-electron chi connectivity index (χ2n) is 4.22. The van der Waals surface area contributed by atoms with Crippen LogP contribution in [0.2, 0.25) is 0 Å². The predicted molar refractivity (Wildman–Crippen MR) is 68.4 cm³/mol. The first-order chi connectivity index (χ1) is 9.56. The number of aromatic nitrogens is 2. The molecule has 3 aromatic rings. The van der Waals surface area contributed by atoms with Crippen LogP contribution in [0.3, 0.4) is 0 Å². The Morgan fingerprint density at radius 1 is 1.20 bits per heavy atom. The number of carbonyl (C=O) groups is 1. The van der Waals surface area contributed by atoms with E-state index in [1.807, 2.05) is 0 Å². The molecule has 0 bridgehead atoms. The van der Waals surface area contributed by atoms with Gasteiger partial charge in [-0.05, 0) is 12.1 Å². The van der Waals surface area contributed by atoms with Gasteiger partial charge in [-0.2, -0.15) is 0 Å². The monoisotopic (exact) mass is 274 g/mol. The number of halogens is 2. The molecule has 0 aliphatic carbocycles. The number of rotatable bonds is 2. The van der Waals surface area contributed by atoms with Crippen LogP contribution < -0.4 is 0 Å². The number of carboxylic acids is 1. The SMILES string of the molecule is O=C(O)c1ccccc1-c1nc2c(F)cc(F)cc2[nH]1. The molecular weight excluding hydrogens is 266 g/mol. The second kappa shape index (κ2) is 4.41. The highest BCUT2D eigenvalue weighted by Gasteiger charge is 2.16. The summed E-state index contributed by atoms with van der Waals surface area (Å²) in [6.45, 7) is 0. The summed E-state index contributed by atoms with van der Waals surface area (Å²) >= 11 is 0. The molecule has 0 fully saturated rings. The Balaban J connectivity index is 2.26. The quantitative estimate of drug-likeness (QED) is 0.754. The Kier molecular flexibility index (Phi) is 2.71. The molecule has 1 aromatic heterocycles. The van der Waals surface area contributed by atoms with E-state index in [0.29, 0.717) is 5.56 Å². The third-order valence-electron chi connectivity index (χ3n) is 2.92. The Labute approximate surface area is 111 Å². The summed E-state index contributed by atoms with van der Waals surface area (Å²) in [5.41, 5.74) is 0.503. The van der Waals surface area contributed by atoms with Crippen LogP contribution in [-0.2, 0) is 0 Å². The highest BCUT2D eigenvalue weighted by Crippen LogP contribution is 2.25. The molecule has 0 unspecified atom stereocenters. The van der Waals surface area contributed by atoms with Crippen molar-refractivity contribution in [2.24, 2.45) is 0 Å². The largest absolute Gasteiger partial charge is 0.478 e. The summed E-state index contributed by atoms with van der Waals surface area (Å²) in [5.74, 6) is -2.46. The number of nitrogens with one attached hydrogen (secondary N) is 1. The van der Waals surface area contributed by atoms with Gasteiger partial charge in [-0.25, -0.2) is 18.6 Å². The minimum Gasteiger partial charge on any atom is -0.478 e. The van der Waals surface area contributed by atoms with Crippen molar-refractivity contribution in [3.05, 3.63) is 53.6 Å². The van der Waals surface area contributed by atoms with Crippen molar-refractivity contribution in [1.82, 2.24) is 9.97 Å². The van der Waals surface area contributed by atoms with Gasteiger partial charge in [0.15, 0.2) is 5.82 Å². The van der Waals surface area contributed by atoms with Gasteiger partial charge >= 0.3 is 5.97 Å². The first-order valence-electron chi connectivity index (χ1n) is 5.73. The van der Waals surface area contributed by atoms with Gasteiger partial charge < -0.3 is 10.1 Å². The lowest BCUT2D eigenvalue weighted by molar-refractivity contribution is 0.0697. The maximum Gasteiger partial charge on any atom is 0.336 e. The fraction of sp³-hybridized carbons (Fsp3) is 0. The van der Waals surface area contributed by atoms with Crippen molar-refractivity contribution >= 4 is 17.0 Å². The third-order valence-corrected chi connectivity index (χ3v) is 2.92. The molecule has 3 rings (SSSR count). The smallest absolute Gasteiger partial charge is 0.336 e. The molecule has 4 nitrogen and oxygen atoms in total. The highest BCUT2D eigenvalue weighted by molar-refractivity contribution is 5.96. The van der Waals surface area contributed by atoms with Gasteiger partial charge in [0, 0.05) is 11.6 Å². The lowest BCUT2D eigenvalue weighted by atomic mass is 10.1. The molecule has 1 heterocycles. The summed E-state index contributed by atoms with van der Waals surface area (Å²) in [6.07, 6.45) is 0. The molecule has 6 heteroatoms. The van der Waals surface area contributed by atoms with Crippen molar-refractivity contribution in [3.8, 4) is 11.4 Å². The van der Waals surface area contributed by atoms with E-state index in [1.54, 1.807) is 18.2 Å². The maximum atomic E-state index is 13.6. The molecule has 20 heavy (non-hydrogen) atoms. The first kappa shape index (κ1) is 12.3. The minimum absolute atomic E-state index is 0.0263. The van der Waals surface area contributed by atoms with Crippen LogP contribution >= 0.6 is 0 Å². The van der Waals surface area contributed by atoms with Gasteiger partial charge in [0.05, 0.1) is 11.1 Å². The molecule has 0 saturated carbocycles. The van der Waals surface area contributed by atoms with E-state index in [9.17, 15) is 13.6 Å². The van der Waals surface area contributed by atoms with E-state index in [2.05, 4.69) is 9.97 Å². The number of fused-ring (bicyclic) bond motifs is 1. The van der Waals surface area contributed by atoms with E-state index in [-0.39, 0.29) is 22.4 Å². The molecule has 0 radical (unpaired) electrons. The van der Waals surface area contributed by atoms with Gasteiger partial charge in [0.1, 0.15) is 17.2 Å². The van der Waals surface area contributed by atoms with Crippen molar-refractivity contribution < 1.29 is 18.7 Å². The molecule has 0 amide bonds. The Morgan fingerprint density at radius 2 is 1.95 bits per heavy atom. The summed E-state index contributed by atoms with van der Waals surface area (Å²) in [4.78, 5) is 17.9. The van der Waals surface area contributed by atoms with Crippen LogP contribution in [0.1, 0.15) is 10.4 Å². The van der Waals surface area contributed by atoms with Crippen molar-refractivity contribution in [2.45, 2.75) is 0 Å². The van der Waals surface area contributed by atoms with E-state index >= 15 is 0 Å². The van der Waals surface area contributed by atoms with Crippen LogP contribution in [0.15, 0.2) is 36.4 Å². The standard InChI is InChI=1S/C14H8F2N2O2/c15-7-5-10(16)12-11(6-7)17-13(18-12)8-3-1-2-4-9(8)14(19)20/h1-6H,(H,17,18)(H,19,20). The second-order valence-corrected chi connectivity index (χ2v) is 4.22. The average molecular weight is 274 g/mol. The van der Waals surface area contributed by atoms with Crippen molar-refractivity contribution in [2.75, 3.05) is 0 Å². The first-order valence-corrected chi connectivity index (χ1v) is 5.73. The van der Waals surface area contributed by atoms with E-state index in [4.69, 9.17) is 5.11 Å². The van der Waals surface area contributed by atoms with E-state index < -0.39 is 17.6 Å². The number of hydrogen-bond acceptors (Lipinski definition) is 2. The van der Waals surface area contributed by atoms with Crippen LogP contribution in [0.25, 0.3) is 22.4 Å². The molecule has 0 spiro atoms. The zero-order chi connectivity index (χ0) is 14.3. The fourth-order valence-electron chi connectivity index (χ4n) is 2.05. The van der Waals surface area contributed by atoms with Crippen LogP contribution in [0.5, 0.6) is 0 Å². The van der Waals surface area contributed by atoms with Gasteiger partial charge in [-0.3, -0.25) is 0 Å². The van der Waals surface area contributed by atoms with Crippen LogP contribution in [0, 0.1) is 11.6 Å². The zero-order valence-corrected chi connectivity index (χ0v) is 10.0. The number of H-pyrrole nitrogens is 1. The normalized spacial score (nSPS) is 10.9. The van der Waals surface area contributed by atoms with Crippen molar-refractivity contribution in [3.63, 3.8) is 0 Å². The molecule has 0 aliphatic rings. The minimum atomic E-state index is -1.12. The summed E-state index contributed by atoms with van der Waals surface area (Å²) in [5, 5.41) is 9.12. The van der Waals surface area contributed by atoms with Gasteiger partial charge in [-0.15, -0.1) is 0 Å². The van der Waals surface area contributed by atoms with E-state index in [0.717, 1.165) is 12.1 Å². The summed E-state index contributed by atoms with van der Waals surface area (Å²) in [6, 6.07) is 8.04. The molecule has 100 valence electrons. The number of aromatic amines is 1. The Bertz CT molecular complexity index is 827. The highest BCUT2D eigenvalue weighted by atomic mass is 19.1.